The van der Waals surface area contributed by atoms with Gasteiger partial charge in [0.1, 0.15) is 11.5 Å². The highest BCUT2D eigenvalue weighted by Gasteiger charge is 2.36. The number of morpholine rings is 1. The van der Waals surface area contributed by atoms with Crippen molar-refractivity contribution in [3.8, 4) is 0 Å². The third kappa shape index (κ3) is 6.67. The molecule has 1 amide bonds. The van der Waals surface area contributed by atoms with Crippen LogP contribution in [0.5, 0.6) is 0 Å². The highest BCUT2D eigenvalue weighted by Crippen LogP contribution is 2.29. The van der Waals surface area contributed by atoms with Crippen molar-refractivity contribution in [2.75, 3.05) is 65.7 Å². The van der Waals surface area contributed by atoms with E-state index in [1.165, 1.54) is 22.5 Å². The molecule has 4 rings (SSSR count). The summed E-state index contributed by atoms with van der Waals surface area (Å²) < 4.78 is 39.1. The number of amides is 1. The maximum atomic E-state index is 13.3. The van der Waals surface area contributed by atoms with Gasteiger partial charge in [0.05, 0.1) is 30.9 Å². The smallest absolute Gasteiger partial charge is 0.248 e. The van der Waals surface area contributed by atoms with E-state index in [4.69, 9.17) is 32.7 Å². The van der Waals surface area contributed by atoms with E-state index >= 15 is 0 Å². The predicted molar refractivity (Wildman–Crippen MR) is 134 cm³/mol. The molecule has 35 heavy (non-hydrogen) atoms. The van der Waals surface area contributed by atoms with Crippen LogP contribution in [-0.2, 0) is 24.3 Å². The van der Waals surface area contributed by atoms with Crippen molar-refractivity contribution in [1.29, 1.82) is 0 Å². The summed E-state index contributed by atoms with van der Waals surface area (Å²) in [5, 5.41) is 3.91. The van der Waals surface area contributed by atoms with Crippen LogP contribution in [0.4, 0.5) is 0 Å². The Morgan fingerprint density at radius 2 is 1.97 bits per heavy atom. The molecule has 3 aliphatic heterocycles. The molecular formula is C23H34Cl2N4O5S. The van der Waals surface area contributed by atoms with Gasteiger partial charge in [-0.2, -0.15) is 4.31 Å². The molecule has 3 aliphatic rings. The number of hydrogen-bond acceptors (Lipinski definition) is 7. The van der Waals surface area contributed by atoms with Crippen LogP contribution in [0.2, 0.25) is 10.0 Å². The third-order valence-corrected chi connectivity index (χ3v) is 9.64. The van der Waals surface area contributed by atoms with E-state index < -0.39 is 16.1 Å². The van der Waals surface area contributed by atoms with E-state index in [0.29, 0.717) is 30.2 Å². The number of carbonyl (C=O) groups is 1. The number of carbonyl (C=O) groups excluding carboxylic acids is 1. The molecule has 0 bridgehead atoms. The Balaban J connectivity index is 1.27. The van der Waals surface area contributed by atoms with Gasteiger partial charge in [0.15, 0.2) is 0 Å². The van der Waals surface area contributed by atoms with Crippen molar-refractivity contribution in [2.24, 2.45) is 0 Å². The number of nitrogens with one attached hydrogen (secondary N) is 1. The van der Waals surface area contributed by atoms with Crippen molar-refractivity contribution >= 4 is 39.1 Å². The van der Waals surface area contributed by atoms with Crippen LogP contribution in [0.1, 0.15) is 19.8 Å². The molecule has 12 heteroatoms. The fraction of sp³-hybridized carbons (Fsp3) is 0.696. The minimum absolute atomic E-state index is 0.00689. The lowest BCUT2D eigenvalue weighted by molar-refractivity contribution is -0.139. The van der Waals surface area contributed by atoms with Gasteiger partial charge in [-0.05, 0) is 44.5 Å². The Morgan fingerprint density at radius 3 is 2.69 bits per heavy atom. The Bertz CT molecular complexity index is 990. The van der Waals surface area contributed by atoms with Gasteiger partial charge in [0, 0.05) is 49.8 Å². The molecule has 3 saturated heterocycles. The molecule has 0 saturated carbocycles. The summed E-state index contributed by atoms with van der Waals surface area (Å²) in [7, 11) is -3.87. The van der Waals surface area contributed by atoms with Gasteiger partial charge < -0.3 is 19.7 Å². The summed E-state index contributed by atoms with van der Waals surface area (Å²) in [6.07, 6.45) is 2.28. The zero-order valence-corrected chi connectivity index (χ0v) is 22.3. The lowest BCUT2D eigenvalue weighted by Gasteiger charge is -2.42. The largest absolute Gasteiger partial charge is 0.378 e. The second kappa shape index (κ2) is 12.0. The fourth-order valence-corrected chi connectivity index (χ4v) is 7.37. The highest BCUT2D eigenvalue weighted by molar-refractivity contribution is 7.89. The molecule has 3 heterocycles. The molecule has 9 nitrogen and oxygen atoms in total. The van der Waals surface area contributed by atoms with Crippen LogP contribution in [0.15, 0.2) is 23.1 Å². The second-order valence-electron chi connectivity index (χ2n) is 9.38. The molecule has 0 aliphatic carbocycles. The van der Waals surface area contributed by atoms with E-state index in [0.717, 1.165) is 32.5 Å². The van der Waals surface area contributed by atoms with Gasteiger partial charge >= 0.3 is 0 Å². The van der Waals surface area contributed by atoms with E-state index in [-0.39, 0.29) is 48.8 Å². The van der Waals surface area contributed by atoms with Crippen LogP contribution in [0, 0.1) is 0 Å². The van der Waals surface area contributed by atoms with Gasteiger partial charge in [-0.1, -0.05) is 23.2 Å². The highest BCUT2D eigenvalue weighted by atomic mass is 35.5. The quantitative estimate of drug-likeness (QED) is 0.554. The van der Waals surface area contributed by atoms with E-state index in [9.17, 15) is 13.2 Å². The lowest BCUT2D eigenvalue weighted by Crippen LogP contribution is -2.55. The number of rotatable bonds is 7. The SMILES string of the molecule is CC1CC(N2CCN(C(=O)COC[C@@H]3COCCN3S(=O)(=O)c3ccc(Cl)cc3Cl)CC2)CCN1. The maximum Gasteiger partial charge on any atom is 0.248 e. The Hall–Kier alpha value is -0.980. The summed E-state index contributed by atoms with van der Waals surface area (Å²) >= 11 is 12.1. The first kappa shape index (κ1) is 27.1. The predicted octanol–water partition coefficient (Wildman–Crippen LogP) is 1.68. The van der Waals surface area contributed by atoms with Crippen molar-refractivity contribution in [3.63, 3.8) is 0 Å². The first-order valence-electron chi connectivity index (χ1n) is 12.1. The molecular weight excluding hydrogens is 515 g/mol. The third-order valence-electron chi connectivity index (χ3n) is 6.97. The monoisotopic (exact) mass is 548 g/mol. The van der Waals surface area contributed by atoms with Gasteiger partial charge in [-0.3, -0.25) is 9.69 Å². The number of benzene rings is 1. The van der Waals surface area contributed by atoms with E-state index in [1.54, 1.807) is 0 Å². The van der Waals surface area contributed by atoms with Crippen LogP contribution < -0.4 is 5.32 Å². The number of hydrogen-bond donors (Lipinski definition) is 1. The number of piperazine rings is 1. The first-order chi connectivity index (χ1) is 16.8. The van der Waals surface area contributed by atoms with Gasteiger partial charge in [0.25, 0.3) is 0 Å². The summed E-state index contributed by atoms with van der Waals surface area (Å²) in [4.78, 5) is 17.0. The summed E-state index contributed by atoms with van der Waals surface area (Å²) in [6, 6.07) is 4.87. The van der Waals surface area contributed by atoms with Gasteiger partial charge in [0.2, 0.25) is 15.9 Å². The van der Waals surface area contributed by atoms with E-state index in [1.807, 2.05) is 4.90 Å². The molecule has 0 aromatic heterocycles. The minimum atomic E-state index is -3.87. The minimum Gasteiger partial charge on any atom is -0.378 e. The zero-order valence-electron chi connectivity index (χ0n) is 20.0. The topological polar surface area (TPSA) is 91.4 Å². The number of piperidine rings is 1. The molecule has 1 aromatic rings. The molecule has 0 spiro atoms. The fourth-order valence-electron chi connectivity index (χ4n) is 5.05. The summed E-state index contributed by atoms with van der Waals surface area (Å²) in [6.45, 7) is 6.98. The van der Waals surface area contributed by atoms with Crippen molar-refractivity contribution in [1.82, 2.24) is 19.4 Å². The van der Waals surface area contributed by atoms with Crippen LogP contribution in [0.25, 0.3) is 0 Å². The van der Waals surface area contributed by atoms with Crippen LogP contribution >= 0.6 is 23.2 Å². The molecule has 1 N–H and O–H groups in total. The van der Waals surface area contributed by atoms with Crippen LogP contribution in [0.3, 0.4) is 0 Å². The molecule has 2 unspecified atom stereocenters. The van der Waals surface area contributed by atoms with Crippen LogP contribution in [-0.4, -0.2) is 112 Å². The molecule has 196 valence electrons. The average molecular weight is 550 g/mol. The second-order valence-corrected chi connectivity index (χ2v) is 12.1. The summed E-state index contributed by atoms with van der Waals surface area (Å²) in [5.74, 6) is -0.0739. The number of ether oxygens (including phenoxy) is 2. The van der Waals surface area contributed by atoms with E-state index in [2.05, 4.69) is 17.1 Å². The average Bonchev–Trinajstić information content (AvgIpc) is 2.84. The van der Waals surface area contributed by atoms with Gasteiger partial charge in [-0.25, -0.2) is 8.42 Å². The van der Waals surface area contributed by atoms with Crippen molar-refractivity contribution < 1.29 is 22.7 Å². The normalized spacial score (nSPS) is 27.2. The van der Waals surface area contributed by atoms with Crippen molar-refractivity contribution in [3.05, 3.63) is 28.2 Å². The maximum absolute atomic E-state index is 13.3. The Kier molecular flexibility index (Phi) is 9.31. The number of nitrogens with zero attached hydrogens (tertiary/aromatic N) is 3. The lowest BCUT2D eigenvalue weighted by atomic mass is 9.98. The van der Waals surface area contributed by atoms with Crippen molar-refractivity contribution in [2.45, 2.75) is 42.8 Å². The summed E-state index contributed by atoms with van der Waals surface area (Å²) in [5.41, 5.74) is 0. The Morgan fingerprint density at radius 1 is 1.20 bits per heavy atom. The standard InChI is InChI=1S/C23H34Cl2N4O5S/c1-17-12-19(4-5-26-17)27-6-8-28(9-7-27)23(30)16-34-15-20-14-33-11-10-29(20)35(31,32)22-3-2-18(24)13-21(22)25/h2-3,13,17,19-20,26H,4-12,14-16H2,1H3/t17?,19?,20-/m0/s1. The number of halogens is 2. The Labute approximate surface area is 217 Å². The molecule has 1 aromatic carbocycles. The zero-order chi connectivity index (χ0) is 25.0. The number of sulfonamides is 1. The van der Waals surface area contributed by atoms with Gasteiger partial charge in [-0.15, -0.1) is 0 Å². The molecule has 3 fully saturated rings. The molecule has 0 radical (unpaired) electrons. The molecule has 3 atom stereocenters. The first-order valence-corrected chi connectivity index (χ1v) is 14.3.